The molecule has 0 fully saturated rings. The van der Waals surface area contributed by atoms with E-state index in [0.717, 1.165) is 0 Å². The van der Waals surface area contributed by atoms with Crippen molar-refractivity contribution >= 4 is 11.6 Å². The highest BCUT2D eigenvalue weighted by atomic mass is 35.5. The van der Waals surface area contributed by atoms with Gasteiger partial charge in [0.1, 0.15) is 11.8 Å². The first-order valence-corrected chi connectivity index (χ1v) is 5.41. The van der Waals surface area contributed by atoms with Gasteiger partial charge in [-0.15, -0.1) is 0 Å². The highest BCUT2D eigenvalue weighted by molar-refractivity contribution is 6.30. The van der Waals surface area contributed by atoms with Gasteiger partial charge >= 0.3 is 6.18 Å². The first-order chi connectivity index (χ1) is 7.90. The van der Waals surface area contributed by atoms with Gasteiger partial charge in [0.15, 0.2) is 0 Å². The normalized spacial score (nSPS) is 13.5. The summed E-state index contributed by atoms with van der Waals surface area (Å²) in [4.78, 5) is 0. The van der Waals surface area contributed by atoms with Crippen LogP contribution in [0.25, 0.3) is 0 Å². The lowest BCUT2D eigenvalue weighted by molar-refractivity contribution is -0.157. The molecule has 0 radical (unpaired) electrons. The molecule has 1 rings (SSSR count). The lowest BCUT2D eigenvalue weighted by Crippen LogP contribution is -2.34. The van der Waals surface area contributed by atoms with Gasteiger partial charge < -0.3 is 10.1 Å². The van der Waals surface area contributed by atoms with Gasteiger partial charge in [-0.1, -0.05) is 18.5 Å². The summed E-state index contributed by atoms with van der Waals surface area (Å²) in [6.07, 6.45) is -4.39. The average molecular weight is 268 g/mol. The van der Waals surface area contributed by atoms with Gasteiger partial charge in [0, 0.05) is 10.6 Å². The zero-order valence-corrected chi connectivity index (χ0v) is 10.2. The molecule has 0 amide bonds. The van der Waals surface area contributed by atoms with Gasteiger partial charge in [0.25, 0.3) is 0 Å². The van der Waals surface area contributed by atoms with Gasteiger partial charge in [-0.2, -0.15) is 13.2 Å². The SMILES string of the molecule is CCNC(c1cc(Cl)ccc1OC)C(F)(F)F. The number of alkyl halides is 3. The Kier molecular flexibility index (Phi) is 4.65. The zero-order valence-electron chi connectivity index (χ0n) is 9.44. The van der Waals surface area contributed by atoms with Crippen molar-refractivity contribution in [2.24, 2.45) is 0 Å². The number of halogens is 4. The molecule has 1 unspecified atom stereocenters. The lowest BCUT2D eigenvalue weighted by Gasteiger charge is -2.23. The third kappa shape index (κ3) is 3.51. The van der Waals surface area contributed by atoms with E-state index in [9.17, 15) is 13.2 Å². The molecular formula is C11H13ClF3NO. The van der Waals surface area contributed by atoms with E-state index in [4.69, 9.17) is 16.3 Å². The highest BCUT2D eigenvalue weighted by Crippen LogP contribution is 2.38. The molecule has 1 aromatic rings. The lowest BCUT2D eigenvalue weighted by atomic mass is 10.1. The third-order valence-electron chi connectivity index (χ3n) is 2.24. The molecule has 0 saturated heterocycles. The summed E-state index contributed by atoms with van der Waals surface area (Å²) < 4.78 is 43.6. The van der Waals surface area contributed by atoms with Crippen LogP contribution in [0.15, 0.2) is 18.2 Å². The van der Waals surface area contributed by atoms with Gasteiger partial charge in [-0.3, -0.25) is 0 Å². The molecule has 0 spiro atoms. The number of rotatable bonds is 4. The van der Waals surface area contributed by atoms with Crippen molar-refractivity contribution < 1.29 is 17.9 Å². The summed E-state index contributed by atoms with van der Waals surface area (Å²) in [7, 11) is 1.33. The zero-order chi connectivity index (χ0) is 13.1. The number of hydrogen-bond donors (Lipinski definition) is 1. The molecule has 1 aromatic carbocycles. The molecule has 0 aromatic heterocycles. The Balaban J connectivity index is 3.21. The van der Waals surface area contributed by atoms with E-state index < -0.39 is 12.2 Å². The van der Waals surface area contributed by atoms with Crippen LogP contribution >= 0.6 is 11.6 Å². The first kappa shape index (κ1) is 14.1. The maximum Gasteiger partial charge on any atom is 0.408 e. The largest absolute Gasteiger partial charge is 0.496 e. The van der Waals surface area contributed by atoms with E-state index in [1.165, 1.54) is 25.3 Å². The number of hydrogen-bond acceptors (Lipinski definition) is 2. The minimum Gasteiger partial charge on any atom is -0.496 e. The van der Waals surface area contributed by atoms with Crippen molar-refractivity contribution in [2.45, 2.75) is 19.1 Å². The molecule has 0 aliphatic rings. The van der Waals surface area contributed by atoms with Crippen LogP contribution < -0.4 is 10.1 Å². The smallest absolute Gasteiger partial charge is 0.408 e. The Morgan fingerprint density at radius 3 is 2.53 bits per heavy atom. The van der Waals surface area contributed by atoms with Crippen LogP contribution in [-0.2, 0) is 0 Å². The Bertz CT molecular complexity index is 381. The molecule has 0 aliphatic heterocycles. The summed E-state index contributed by atoms with van der Waals surface area (Å²) in [5.74, 6) is 0.165. The van der Waals surface area contributed by atoms with Crippen LogP contribution in [-0.4, -0.2) is 19.8 Å². The second-order valence-corrected chi connectivity index (χ2v) is 3.86. The van der Waals surface area contributed by atoms with E-state index in [2.05, 4.69) is 5.32 Å². The van der Waals surface area contributed by atoms with E-state index in [0.29, 0.717) is 0 Å². The van der Waals surface area contributed by atoms with E-state index >= 15 is 0 Å². The molecule has 0 heterocycles. The minimum atomic E-state index is -4.39. The summed E-state index contributed by atoms with van der Waals surface area (Å²) in [6.45, 7) is 1.80. The summed E-state index contributed by atoms with van der Waals surface area (Å²) in [6, 6.07) is 2.40. The van der Waals surface area contributed by atoms with Gasteiger partial charge in [-0.25, -0.2) is 0 Å². The van der Waals surface area contributed by atoms with Crippen molar-refractivity contribution in [3.63, 3.8) is 0 Å². The Hall–Kier alpha value is -0.940. The summed E-state index contributed by atoms with van der Waals surface area (Å²) in [5.41, 5.74) is -0.00523. The molecule has 6 heteroatoms. The van der Waals surface area contributed by atoms with E-state index in [1.54, 1.807) is 6.92 Å². The van der Waals surface area contributed by atoms with Gasteiger partial charge in [-0.05, 0) is 24.7 Å². The maximum atomic E-state index is 12.9. The van der Waals surface area contributed by atoms with Crippen LogP contribution in [0.1, 0.15) is 18.5 Å². The number of nitrogens with one attached hydrogen (secondary N) is 1. The maximum absolute atomic E-state index is 12.9. The molecule has 96 valence electrons. The van der Waals surface area contributed by atoms with Gasteiger partial charge in [0.2, 0.25) is 0 Å². The topological polar surface area (TPSA) is 21.3 Å². The Morgan fingerprint density at radius 1 is 1.41 bits per heavy atom. The Labute approximate surface area is 103 Å². The van der Waals surface area contributed by atoms with Crippen LogP contribution in [0.2, 0.25) is 5.02 Å². The van der Waals surface area contributed by atoms with Crippen LogP contribution in [0, 0.1) is 0 Å². The first-order valence-electron chi connectivity index (χ1n) is 5.03. The number of methoxy groups -OCH3 is 1. The third-order valence-corrected chi connectivity index (χ3v) is 2.47. The molecule has 0 saturated carbocycles. The van der Waals surface area contributed by atoms with Crippen molar-refractivity contribution in [2.75, 3.05) is 13.7 Å². The fraction of sp³-hybridized carbons (Fsp3) is 0.455. The van der Waals surface area contributed by atoms with Gasteiger partial charge in [0.05, 0.1) is 7.11 Å². The monoisotopic (exact) mass is 267 g/mol. The van der Waals surface area contributed by atoms with E-state index in [1.807, 2.05) is 0 Å². The van der Waals surface area contributed by atoms with Crippen LogP contribution in [0.3, 0.4) is 0 Å². The molecule has 1 N–H and O–H groups in total. The van der Waals surface area contributed by atoms with Crippen molar-refractivity contribution in [1.29, 1.82) is 0 Å². The highest BCUT2D eigenvalue weighted by Gasteiger charge is 2.41. The molecule has 1 atom stereocenters. The molecule has 0 aliphatic carbocycles. The van der Waals surface area contributed by atoms with Crippen molar-refractivity contribution in [3.05, 3.63) is 28.8 Å². The predicted molar refractivity (Wildman–Crippen MR) is 60.5 cm³/mol. The fourth-order valence-corrected chi connectivity index (χ4v) is 1.72. The van der Waals surface area contributed by atoms with Crippen molar-refractivity contribution in [1.82, 2.24) is 5.32 Å². The van der Waals surface area contributed by atoms with Crippen LogP contribution in [0.5, 0.6) is 5.75 Å². The summed E-state index contributed by atoms with van der Waals surface area (Å²) in [5, 5.41) is 2.62. The number of benzene rings is 1. The molecule has 0 bridgehead atoms. The molecule has 2 nitrogen and oxygen atoms in total. The average Bonchev–Trinajstić information content (AvgIpc) is 2.24. The van der Waals surface area contributed by atoms with Crippen molar-refractivity contribution in [3.8, 4) is 5.75 Å². The molecular weight excluding hydrogens is 255 g/mol. The molecule has 17 heavy (non-hydrogen) atoms. The summed E-state index contributed by atoms with van der Waals surface area (Å²) >= 11 is 5.72. The Morgan fingerprint density at radius 2 is 2.06 bits per heavy atom. The quantitative estimate of drug-likeness (QED) is 0.901. The number of ether oxygens (including phenoxy) is 1. The second kappa shape index (κ2) is 5.60. The second-order valence-electron chi connectivity index (χ2n) is 3.42. The van der Waals surface area contributed by atoms with Crippen LogP contribution in [0.4, 0.5) is 13.2 Å². The predicted octanol–water partition coefficient (Wildman–Crippen LogP) is 3.56. The minimum absolute atomic E-state index is 0.00523. The van der Waals surface area contributed by atoms with E-state index in [-0.39, 0.29) is 22.9 Å². The fourth-order valence-electron chi connectivity index (χ4n) is 1.54. The standard InChI is InChI=1S/C11H13ClF3NO/c1-3-16-10(11(13,14)15)8-6-7(12)4-5-9(8)17-2/h4-6,10,16H,3H2,1-2H3.